The number of fused-ring (bicyclic) bond motifs is 1. The number of halogens is 1. The fraction of sp³-hybridized carbons (Fsp3) is 0.300. The van der Waals surface area contributed by atoms with Crippen molar-refractivity contribution in [1.29, 1.82) is 0 Å². The third-order valence-electron chi connectivity index (χ3n) is 7.55. The molecule has 1 heterocycles. The van der Waals surface area contributed by atoms with Gasteiger partial charge in [0.15, 0.2) is 16.4 Å². The van der Waals surface area contributed by atoms with Gasteiger partial charge in [-0.2, -0.15) is 0 Å². The normalized spacial score (nSPS) is 19.9. The number of hydrogen-bond acceptors (Lipinski definition) is 6. The second-order valence-electron chi connectivity index (χ2n) is 10.2. The summed E-state index contributed by atoms with van der Waals surface area (Å²) in [5, 5.41) is -0.622. The Morgan fingerprint density at radius 3 is 2.51 bits per heavy atom. The van der Waals surface area contributed by atoms with Crippen molar-refractivity contribution in [2.24, 2.45) is 5.92 Å². The van der Waals surface area contributed by atoms with E-state index in [9.17, 15) is 22.8 Å². The highest BCUT2D eigenvalue weighted by Gasteiger charge is 2.40. The Bertz CT molecular complexity index is 1520. The molecular formula is C30H28ClNO6S. The Balaban J connectivity index is 1.48. The topological polar surface area (TPSA) is 97.8 Å². The summed E-state index contributed by atoms with van der Waals surface area (Å²) < 4.78 is 32.7. The van der Waals surface area contributed by atoms with Gasteiger partial charge in [-0.25, -0.2) is 18.1 Å². The van der Waals surface area contributed by atoms with Crippen molar-refractivity contribution in [2.75, 3.05) is 13.2 Å². The first-order valence-electron chi connectivity index (χ1n) is 12.8. The molecule has 0 N–H and O–H groups in total. The van der Waals surface area contributed by atoms with Crippen molar-refractivity contribution in [3.63, 3.8) is 0 Å². The zero-order chi connectivity index (χ0) is 27.7. The van der Waals surface area contributed by atoms with E-state index < -0.39 is 27.1 Å². The first kappa shape index (κ1) is 27.1. The molecule has 0 spiro atoms. The van der Waals surface area contributed by atoms with Gasteiger partial charge >= 0.3 is 6.09 Å². The van der Waals surface area contributed by atoms with Gasteiger partial charge in [-0.3, -0.25) is 9.59 Å². The summed E-state index contributed by atoms with van der Waals surface area (Å²) in [4.78, 5) is 38.5. The van der Waals surface area contributed by atoms with E-state index in [0.717, 1.165) is 21.6 Å². The van der Waals surface area contributed by atoms with Crippen LogP contribution in [0.25, 0.3) is 0 Å². The number of hydrogen-bond donors (Lipinski definition) is 0. The fourth-order valence-corrected chi connectivity index (χ4v) is 7.62. The number of Topliss-reactive ketones (excluding diaryl/α,β-unsaturated/α-hetero) is 1. The molecule has 2 unspecified atom stereocenters. The zero-order valence-corrected chi connectivity index (χ0v) is 23.0. The van der Waals surface area contributed by atoms with Crippen LogP contribution in [-0.2, 0) is 37.0 Å². The van der Waals surface area contributed by atoms with Gasteiger partial charge in [-0.1, -0.05) is 73.1 Å². The van der Waals surface area contributed by atoms with Crippen molar-refractivity contribution in [3.8, 4) is 0 Å². The Morgan fingerprint density at radius 2 is 1.82 bits per heavy atom. The number of carbonyl (C=O) groups is 3. The Hall–Kier alpha value is -3.49. The number of ketones is 1. The summed E-state index contributed by atoms with van der Waals surface area (Å²) in [6, 6.07) is 21.2. The highest BCUT2D eigenvalue weighted by molar-refractivity contribution is 7.91. The first-order chi connectivity index (χ1) is 18.6. The van der Waals surface area contributed by atoms with Gasteiger partial charge in [0.05, 0.1) is 10.1 Å². The zero-order valence-electron chi connectivity index (χ0n) is 21.4. The average molecular weight is 566 g/mol. The summed E-state index contributed by atoms with van der Waals surface area (Å²) in [6.45, 7) is 1.65. The van der Waals surface area contributed by atoms with Gasteiger partial charge in [0.2, 0.25) is 0 Å². The molecule has 1 aliphatic heterocycles. The lowest BCUT2D eigenvalue weighted by atomic mass is 9.81. The van der Waals surface area contributed by atoms with E-state index in [2.05, 4.69) is 0 Å². The number of benzene rings is 3. The molecule has 3 atom stereocenters. The molecule has 1 aliphatic carbocycles. The van der Waals surface area contributed by atoms with Crippen molar-refractivity contribution in [1.82, 2.24) is 4.90 Å². The van der Waals surface area contributed by atoms with Crippen LogP contribution in [0.5, 0.6) is 0 Å². The van der Waals surface area contributed by atoms with Crippen LogP contribution in [0.3, 0.4) is 0 Å². The molecule has 0 radical (unpaired) electrons. The van der Waals surface area contributed by atoms with Gasteiger partial charge < -0.3 is 4.74 Å². The molecule has 1 fully saturated rings. The standard InChI is InChI=1S/C30H28ClNO6S/c1-19(22-6-3-2-4-7-22)27(33)14-20-10-11-23-12-21(17-32-29(34)18-38-30(32)35)15-28(26(23)13-20)39(36,37)25-9-5-8-24(31)16-25/h2-11,13,16,19,21,28H,12,14-15,17-18H2,1H3/t19-,21?,28?/m0/s1. The number of imide groups is 1. The lowest BCUT2D eigenvalue weighted by Crippen LogP contribution is -2.37. The third kappa shape index (κ3) is 5.63. The van der Waals surface area contributed by atoms with E-state index in [-0.39, 0.29) is 48.5 Å². The lowest BCUT2D eigenvalue weighted by Gasteiger charge is -2.33. The molecular weight excluding hydrogens is 538 g/mol. The van der Waals surface area contributed by atoms with Crippen LogP contribution >= 0.6 is 11.6 Å². The Kier molecular flexibility index (Phi) is 7.60. The minimum Gasteiger partial charge on any atom is -0.439 e. The predicted octanol–water partition coefficient (Wildman–Crippen LogP) is 5.31. The Morgan fingerprint density at radius 1 is 1.05 bits per heavy atom. The second-order valence-corrected chi connectivity index (χ2v) is 12.7. The van der Waals surface area contributed by atoms with Gasteiger partial charge in [0.25, 0.3) is 5.91 Å². The largest absolute Gasteiger partial charge is 0.439 e. The highest BCUT2D eigenvalue weighted by Crippen LogP contribution is 2.42. The van der Waals surface area contributed by atoms with Gasteiger partial charge in [-0.15, -0.1) is 0 Å². The van der Waals surface area contributed by atoms with Crippen molar-refractivity contribution >= 4 is 39.2 Å². The van der Waals surface area contributed by atoms with Gasteiger partial charge in [0, 0.05) is 23.9 Å². The lowest BCUT2D eigenvalue weighted by molar-refractivity contribution is -0.126. The molecule has 0 bridgehead atoms. The number of amides is 2. The molecule has 3 aromatic rings. The molecule has 0 saturated carbocycles. The van der Waals surface area contributed by atoms with E-state index in [1.807, 2.05) is 55.5 Å². The number of rotatable bonds is 8. The number of sulfone groups is 1. The molecule has 7 nitrogen and oxygen atoms in total. The van der Waals surface area contributed by atoms with E-state index in [1.165, 1.54) is 12.1 Å². The van der Waals surface area contributed by atoms with Crippen LogP contribution in [0, 0.1) is 5.92 Å². The summed E-state index contributed by atoms with van der Waals surface area (Å²) in [5.41, 5.74) is 3.12. The van der Waals surface area contributed by atoms with Crippen LogP contribution in [-0.4, -0.2) is 44.3 Å². The molecule has 1 saturated heterocycles. The molecule has 5 rings (SSSR count). The minimum atomic E-state index is -3.89. The van der Waals surface area contributed by atoms with E-state index in [0.29, 0.717) is 17.0 Å². The van der Waals surface area contributed by atoms with Gasteiger partial charge in [0.1, 0.15) is 5.78 Å². The van der Waals surface area contributed by atoms with Crippen LogP contribution in [0.1, 0.15) is 46.8 Å². The fourth-order valence-electron chi connectivity index (χ4n) is 5.40. The maximum atomic E-state index is 13.9. The minimum absolute atomic E-state index is 0.0372. The van der Waals surface area contributed by atoms with Crippen LogP contribution in [0.2, 0.25) is 5.02 Å². The van der Waals surface area contributed by atoms with Crippen LogP contribution in [0.4, 0.5) is 4.79 Å². The monoisotopic (exact) mass is 565 g/mol. The van der Waals surface area contributed by atoms with Gasteiger partial charge in [-0.05, 0) is 59.2 Å². The summed E-state index contributed by atoms with van der Waals surface area (Å²) in [7, 11) is -3.89. The Labute approximate surface area is 232 Å². The van der Waals surface area contributed by atoms with Crippen LogP contribution in [0.15, 0.2) is 77.7 Å². The molecule has 0 aromatic heterocycles. The second kappa shape index (κ2) is 10.9. The third-order valence-corrected chi connectivity index (χ3v) is 9.90. The van der Waals surface area contributed by atoms with E-state index in [4.69, 9.17) is 16.3 Å². The van der Waals surface area contributed by atoms with E-state index >= 15 is 0 Å². The first-order valence-corrected chi connectivity index (χ1v) is 14.7. The number of cyclic esters (lactones) is 1. The van der Waals surface area contributed by atoms with Crippen molar-refractivity contribution < 1.29 is 27.5 Å². The molecule has 2 amide bonds. The molecule has 3 aromatic carbocycles. The number of ether oxygens (including phenoxy) is 1. The summed E-state index contributed by atoms with van der Waals surface area (Å²) in [6.07, 6.45) is 0.158. The number of nitrogens with zero attached hydrogens (tertiary/aromatic N) is 1. The average Bonchev–Trinajstić information content (AvgIpc) is 3.24. The van der Waals surface area contributed by atoms with Crippen molar-refractivity contribution in [3.05, 3.63) is 100 Å². The summed E-state index contributed by atoms with van der Waals surface area (Å²) >= 11 is 6.13. The molecule has 2 aliphatic rings. The molecule has 202 valence electrons. The van der Waals surface area contributed by atoms with Crippen molar-refractivity contribution in [2.45, 2.75) is 42.2 Å². The quantitative estimate of drug-likeness (QED) is 0.367. The van der Waals surface area contributed by atoms with Crippen LogP contribution < -0.4 is 0 Å². The molecule has 9 heteroatoms. The summed E-state index contributed by atoms with van der Waals surface area (Å²) in [5.74, 6) is -0.969. The van der Waals surface area contributed by atoms with E-state index in [1.54, 1.807) is 12.1 Å². The maximum Gasteiger partial charge on any atom is 0.417 e. The SMILES string of the molecule is C[C@H](C(=O)Cc1ccc2c(c1)C(S(=O)(=O)c1cccc(Cl)c1)CC(CN1C(=O)COC1=O)C2)c1ccccc1. The smallest absolute Gasteiger partial charge is 0.417 e. The predicted molar refractivity (Wildman–Crippen MR) is 146 cm³/mol. The molecule has 39 heavy (non-hydrogen) atoms. The highest BCUT2D eigenvalue weighted by atomic mass is 35.5. The number of carbonyl (C=O) groups excluding carboxylic acids is 3. The maximum absolute atomic E-state index is 13.9.